The fourth-order valence-electron chi connectivity index (χ4n) is 1.91. The molecule has 0 saturated carbocycles. The molecule has 7 nitrogen and oxygen atoms in total. The van der Waals surface area contributed by atoms with Crippen LogP contribution in [-0.4, -0.2) is 30.1 Å². The molecule has 0 heterocycles. The van der Waals surface area contributed by atoms with Gasteiger partial charge in [0.1, 0.15) is 12.1 Å². The van der Waals surface area contributed by atoms with E-state index in [-0.39, 0.29) is 18.4 Å². The zero-order valence-electron chi connectivity index (χ0n) is 16.6. The van der Waals surface area contributed by atoms with Crippen LogP contribution >= 0.6 is 0 Å². The lowest BCUT2D eigenvalue weighted by Crippen LogP contribution is -2.37. The van der Waals surface area contributed by atoms with Gasteiger partial charge in [0.05, 0.1) is 0 Å². The van der Waals surface area contributed by atoms with Crippen LogP contribution in [0.3, 0.4) is 0 Å². The van der Waals surface area contributed by atoms with Crippen LogP contribution in [0.4, 0.5) is 10.5 Å². The minimum atomic E-state index is -0.643. The summed E-state index contributed by atoms with van der Waals surface area (Å²) in [4.78, 5) is 35.0. The molecule has 0 aliphatic heterocycles. The van der Waals surface area contributed by atoms with Gasteiger partial charge in [0, 0.05) is 12.2 Å². The molecule has 1 aromatic rings. The predicted octanol–water partition coefficient (Wildman–Crippen LogP) is 2.98. The van der Waals surface area contributed by atoms with E-state index >= 15 is 0 Å². The quantitative estimate of drug-likeness (QED) is 0.638. The van der Waals surface area contributed by atoms with E-state index in [4.69, 9.17) is 4.74 Å². The number of carbonyl (C=O) groups is 3. The van der Waals surface area contributed by atoms with E-state index in [1.54, 1.807) is 32.9 Å². The van der Waals surface area contributed by atoms with Gasteiger partial charge in [-0.25, -0.2) is 4.79 Å². The molecule has 0 saturated heterocycles. The first kappa shape index (κ1) is 22.2. The Kier molecular flexibility index (Phi) is 8.51. The third kappa shape index (κ3) is 10.7. The molecule has 0 fully saturated rings. The van der Waals surface area contributed by atoms with Gasteiger partial charge in [0.25, 0.3) is 0 Å². The van der Waals surface area contributed by atoms with Crippen LogP contribution in [-0.2, 0) is 20.9 Å². The van der Waals surface area contributed by atoms with Crippen molar-refractivity contribution < 1.29 is 19.1 Å². The van der Waals surface area contributed by atoms with Crippen molar-refractivity contribution in [2.24, 2.45) is 5.92 Å². The summed E-state index contributed by atoms with van der Waals surface area (Å²) in [6, 6.07) is 7.08. The molecule has 7 heteroatoms. The lowest BCUT2D eigenvalue weighted by Gasteiger charge is -2.19. The number of benzene rings is 1. The Hall–Kier alpha value is -2.83. The minimum Gasteiger partial charge on any atom is -0.444 e. The lowest BCUT2D eigenvalue weighted by molar-refractivity contribution is -0.117. The standard InChI is InChI=1S/C20H29N3O4/c1-14(2)6-11-17(24)21-12-15-7-9-16(10-8-15)23-18(25)13-22-19(26)27-20(3,4)5/h6-11,14H,12-13H2,1-5H3,(H,21,24)(H,22,26)(H,23,25)/b11-6+. The zero-order chi connectivity index (χ0) is 20.4. The third-order valence-electron chi connectivity index (χ3n) is 3.13. The molecule has 0 bridgehead atoms. The second-order valence-electron chi connectivity index (χ2n) is 7.42. The van der Waals surface area contributed by atoms with Crippen molar-refractivity contribution in [3.8, 4) is 0 Å². The first-order valence-corrected chi connectivity index (χ1v) is 8.87. The van der Waals surface area contributed by atoms with Crippen molar-refractivity contribution in [3.63, 3.8) is 0 Å². The summed E-state index contributed by atoms with van der Waals surface area (Å²) in [7, 11) is 0. The highest BCUT2D eigenvalue weighted by Gasteiger charge is 2.16. The summed E-state index contributed by atoms with van der Waals surface area (Å²) in [6.07, 6.45) is 2.71. The minimum absolute atomic E-state index is 0.144. The first-order valence-electron chi connectivity index (χ1n) is 8.87. The molecule has 27 heavy (non-hydrogen) atoms. The van der Waals surface area contributed by atoms with E-state index in [0.29, 0.717) is 18.2 Å². The van der Waals surface area contributed by atoms with Gasteiger partial charge >= 0.3 is 6.09 Å². The Labute approximate surface area is 160 Å². The van der Waals surface area contributed by atoms with E-state index in [9.17, 15) is 14.4 Å². The Morgan fingerprint density at radius 1 is 1.07 bits per heavy atom. The van der Waals surface area contributed by atoms with Crippen molar-refractivity contribution in [2.45, 2.75) is 46.8 Å². The van der Waals surface area contributed by atoms with Gasteiger partial charge in [-0.3, -0.25) is 9.59 Å². The van der Waals surface area contributed by atoms with E-state index < -0.39 is 11.7 Å². The largest absolute Gasteiger partial charge is 0.444 e. The Morgan fingerprint density at radius 3 is 2.26 bits per heavy atom. The van der Waals surface area contributed by atoms with E-state index in [1.807, 2.05) is 32.1 Å². The van der Waals surface area contributed by atoms with E-state index in [2.05, 4.69) is 16.0 Å². The lowest BCUT2D eigenvalue weighted by atomic mass is 10.2. The van der Waals surface area contributed by atoms with Gasteiger partial charge in [-0.05, 0) is 50.5 Å². The number of hydrogen-bond donors (Lipinski definition) is 3. The van der Waals surface area contributed by atoms with Crippen molar-refractivity contribution in [1.82, 2.24) is 10.6 Å². The maximum atomic E-state index is 11.9. The number of ether oxygens (including phenoxy) is 1. The average Bonchev–Trinajstić information content (AvgIpc) is 2.56. The first-order chi connectivity index (χ1) is 12.5. The number of nitrogens with one attached hydrogen (secondary N) is 3. The van der Waals surface area contributed by atoms with E-state index in [1.165, 1.54) is 6.08 Å². The maximum absolute atomic E-state index is 11.9. The second-order valence-corrected chi connectivity index (χ2v) is 7.42. The van der Waals surface area contributed by atoms with E-state index in [0.717, 1.165) is 5.56 Å². The van der Waals surface area contributed by atoms with Crippen LogP contribution in [0, 0.1) is 5.92 Å². The number of anilines is 1. The Bertz CT molecular complexity index is 673. The Morgan fingerprint density at radius 2 is 1.70 bits per heavy atom. The molecular weight excluding hydrogens is 346 g/mol. The van der Waals surface area contributed by atoms with Gasteiger partial charge in [-0.1, -0.05) is 32.1 Å². The van der Waals surface area contributed by atoms with Crippen molar-refractivity contribution in [2.75, 3.05) is 11.9 Å². The number of allylic oxidation sites excluding steroid dienone is 1. The summed E-state index contributed by atoms with van der Waals surface area (Å²) in [5.74, 6) is -0.182. The summed E-state index contributed by atoms with van der Waals surface area (Å²) in [5, 5.41) is 7.86. The summed E-state index contributed by atoms with van der Waals surface area (Å²) in [6.45, 7) is 9.45. The normalized spacial score (nSPS) is 11.3. The highest BCUT2D eigenvalue weighted by molar-refractivity contribution is 5.93. The summed E-state index contributed by atoms with van der Waals surface area (Å²) < 4.78 is 5.06. The van der Waals surface area contributed by atoms with Crippen LogP contribution in [0.1, 0.15) is 40.2 Å². The molecule has 1 aromatic carbocycles. The number of amides is 3. The molecule has 3 amide bonds. The maximum Gasteiger partial charge on any atom is 0.408 e. The van der Waals surface area contributed by atoms with Crippen molar-refractivity contribution in [1.29, 1.82) is 0 Å². The highest BCUT2D eigenvalue weighted by atomic mass is 16.6. The van der Waals surface area contributed by atoms with Crippen LogP contribution in [0.15, 0.2) is 36.4 Å². The SMILES string of the molecule is CC(C)/C=C/C(=O)NCc1ccc(NC(=O)CNC(=O)OC(C)(C)C)cc1. The monoisotopic (exact) mass is 375 g/mol. The highest BCUT2D eigenvalue weighted by Crippen LogP contribution is 2.10. The topological polar surface area (TPSA) is 96.5 Å². The average molecular weight is 375 g/mol. The van der Waals surface area contributed by atoms with Crippen LogP contribution < -0.4 is 16.0 Å². The Balaban J connectivity index is 2.40. The number of carbonyl (C=O) groups excluding carboxylic acids is 3. The fraction of sp³-hybridized carbons (Fsp3) is 0.450. The number of alkyl carbamates (subject to hydrolysis) is 1. The molecule has 1 rings (SSSR count). The third-order valence-corrected chi connectivity index (χ3v) is 3.13. The second kappa shape index (κ2) is 10.4. The summed E-state index contributed by atoms with van der Waals surface area (Å²) >= 11 is 0. The molecule has 0 aliphatic rings. The zero-order valence-corrected chi connectivity index (χ0v) is 16.6. The van der Waals surface area contributed by atoms with Crippen molar-refractivity contribution in [3.05, 3.63) is 42.0 Å². The molecule has 0 radical (unpaired) electrons. The van der Waals surface area contributed by atoms with Gasteiger partial charge in [0.15, 0.2) is 0 Å². The molecular formula is C20H29N3O4. The molecule has 0 spiro atoms. The molecule has 0 unspecified atom stereocenters. The molecule has 148 valence electrons. The van der Waals surface area contributed by atoms with Gasteiger partial charge < -0.3 is 20.7 Å². The smallest absolute Gasteiger partial charge is 0.408 e. The number of hydrogen-bond acceptors (Lipinski definition) is 4. The van der Waals surface area contributed by atoms with Gasteiger partial charge in [-0.2, -0.15) is 0 Å². The molecule has 0 aromatic heterocycles. The fourth-order valence-corrected chi connectivity index (χ4v) is 1.91. The van der Waals surface area contributed by atoms with Gasteiger partial charge in [0.2, 0.25) is 11.8 Å². The van der Waals surface area contributed by atoms with Gasteiger partial charge in [-0.15, -0.1) is 0 Å². The molecule has 0 atom stereocenters. The molecule has 0 aliphatic carbocycles. The number of rotatable bonds is 7. The summed E-state index contributed by atoms with van der Waals surface area (Å²) in [5.41, 5.74) is 0.892. The van der Waals surface area contributed by atoms with Crippen LogP contribution in [0.25, 0.3) is 0 Å². The van der Waals surface area contributed by atoms with Crippen molar-refractivity contribution >= 4 is 23.6 Å². The molecule has 3 N–H and O–H groups in total. The van der Waals surface area contributed by atoms with Crippen LogP contribution in [0.2, 0.25) is 0 Å². The predicted molar refractivity (Wildman–Crippen MR) is 105 cm³/mol. The van der Waals surface area contributed by atoms with Crippen LogP contribution in [0.5, 0.6) is 0 Å².